The summed E-state index contributed by atoms with van der Waals surface area (Å²) in [4.78, 5) is 2.56. The predicted molar refractivity (Wildman–Crippen MR) is 84.3 cm³/mol. The molecule has 1 aromatic rings. The second kappa shape index (κ2) is 9.00. The van der Waals surface area contributed by atoms with E-state index < -0.39 is 0 Å². The second-order valence-corrected chi connectivity index (χ2v) is 5.77. The highest BCUT2D eigenvalue weighted by Crippen LogP contribution is 2.13. The highest BCUT2D eigenvalue weighted by molar-refractivity contribution is 5.21. The SMILES string of the molecule is CNC1CCN(CCCCCOc2ccc(F)cc2)CC1. The Morgan fingerprint density at radius 3 is 2.52 bits per heavy atom. The van der Waals surface area contributed by atoms with E-state index >= 15 is 0 Å². The third-order valence-corrected chi connectivity index (χ3v) is 4.20. The molecule has 1 heterocycles. The zero-order chi connectivity index (χ0) is 14.9. The van der Waals surface area contributed by atoms with Crippen LogP contribution < -0.4 is 10.1 Å². The zero-order valence-corrected chi connectivity index (χ0v) is 13.0. The van der Waals surface area contributed by atoms with Gasteiger partial charge in [-0.25, -0.2) is 4.39 Å². The van der Waals surface area contributed by atoms with Gasteiger partial charge >= 0.3 is 0 Å². The van der Waals surface area contributed by atoms with Crippen molar-refractivity contribution in [1.29, 1.82) is 0 Å². The fourth-order valence-electron chi connectivity index (χ4n) is 2.78. The topological polar surface area (TPSA) is 24.5 Å². The van der Waals surface area contributed by atoms with Gasteiger partial charge in [-0.05, 0) is 83.1 Å². The van der Waals surface area contributed by atoms with Crippen LogP contribution in [-0.2, 0) is 0 Å². The Labute approximate surface area is 127 Å². The first-order valence-electron chi connectivity index (χ1n) is 8.06. The lowest BCUT2D eigenvalue weighted by Crippen LogP contribution is -2.41. The summed E-state index contributed by atoms with van der Waals surface area (Å²) < 4.78 is 18.3. The monoisotopic (exact) mass is 294 g/mol. The summed E-state index contributed by atoms with van der Waals surface area (Å²) in [5.74, 6) is 0.537. The maximum Gasteiger partial charge on any atom is 0.123 e. The molecule has 0 amide bonds. The van der Waals surface area contributed by atoms with E-state index in [2.05, 4.69) is 17.3 Å². The van der Waals surface area contributed by atoms with Crippen LogP contribution in [0, 0.1) is 5.82 Å². The summed E-state index contributed by atoms with van der Waals surface area (Å²) in [6.45, 7) is 4.36. The maximum absolute atomic E-state index is 12.7. The molecule has 0 bridgehead atoms. The first kappa shape index (κ1) is 16.2. The van der Waals surface area contributed by atoms with Crippen molar-refractivity contribution >= 4 is 0 Å². The van der Waals surface area contributed by atoms with Crippen molar-refractivity contribution < 1.29 is 9.13 Å². The quantitative estimate of drug-likeness (QED) is 0.746. The van der Waals surface area contributed by atoms with E-state index in [0.29, 0.717) is 12.6 Å². The lowest BCUT2D eigenvalue weighted by atomic mass is 10.1. The molecule has 2 rings (SSSR count). The highest BCUT2D eigenvalue weighted by Gasteiger charge is 2.16. The lowest BCUT2D eigenvalue weighted by molar-refractivity contribution is 0.196. The molecule has 0 atom stereocenters. The van der Waals surface area contributed by atoms with E-state index in [1.165, 1.54) is 57.5 Å². The van der Waals surface area contributed by atoms with Crippen molar-refractivity contribution in [3.63, 3.8) is 0 Å². The molecule has 1 aliphatic heterocycles. The van der Waals surface area contributed by atoms with E-state index in [1.807, 2.05) is 0 Å². The predicted octanol–water partition coefficient (Wildman–Crippen LogP) is 3.06. The van der Waals surface area contributed by atoms with Crippen LogP contribution in [0.1, 0.15) is 32.1 Å². The number of nitrogens with one attached hydrogen (secondary N) is 1. The van der Waals surface area contributed by atoms with Crippen molar-refractivity contribution in [2.75, 3.05) is 33.3 Å². The molecule has 0 saturated carbocycles. The van der Waals surface area contributed by atoms with Crippen LogP contribution in [-0.4, -0.2) is 44.2 Å². The number of rotatable bonds is 8. The first-order valence-corrected chi connectivity index (χ1v) is 8.06. The minimum Gasteiger partial charge on any atom is -0.494 e. The highest BCUT2D eigenvalue weighted by atomic mass is 19.1. The molecule has 1 aromatic carbocycles. The Bertz CT molecular complexity index is 388. The number of piperidine rings is 1. The van der Waals surface area contributed by atoms with Gasteiger partial charge < -0.3 is 15.0 Å². The fraction of sp³-hybridized carbons (Fsp3) is 0.647. The van der Waals surface area contributed by atoms with E-state index in [-0.39, 0.29) is 5.82 Å². The smallest absolute Gasteiger partial charge is 0.123 e. The van der Waals surface area contributed by atoms with Gasteiger partial charge in [0.15, 0.2) is 0 Å². The Balaban J connectivity index is 1.48. The number of likely N-dealkylation sites (tertiary alicyclic amines) is 1. The number of benzene rings is 1. The van der Waals surface area contributed by atoms with Gasteiger partial charge in [-0.15, -0.1) is 0 Å². The van der Waals surface area contributed by atoms with Crippen molar-refractivity contribution in [3.05, 3.63) is 30.1 Å². The zero-order valence-electron chi connectivity index (χ0n) is 13.0. The number of hydrogen-bond donors (Lipinski definition) is 1. The van der Waals surface area contributed by atoms with Crippen molar-refractivity contribution in [3.8, 4) is 5.75 Å². The Morgan fingerprint density at radius 2 is 1.86 bits per heavy atom. The molecule has 21 heavy (non-hydrogen) atoms. The summed E-state index contributed by atoms with van der Waals surface area (Å²) in [6.07, 6.45) is 6.02. The van der Waals surface area contributed by atoms with E-state index in [4.69, 9.17) is 4.74 Å². The van der Waals surface area contributed by atoms with Gasteiger partial charge in [0.05, 0.1) is 6.61 Å². The van der Waals surface area contributed by atoms with Crippen LogP contribution in [0.5, 0.6) is 5.75 Å². The summed E-state index contributed by atoms with van der Waals surface area (Å²) in [5, 5.41) is 3.36. The van der Waals surface area contributed by atoms with Crippen molar-refractivity contribution in [2.24, 2.45) is 0 Å². The van der Waals surface area contributed by atoms with E-state index in [9.17, 15) is 4.39 Å². The minimum atomic E-state index is -0.218. The van der Waals surface area contributed by atoms with Crippen LogP contribution in [0.25, 0.3) is 0 Å². The average Bonchev–Trinajstić information content (AvgIpc) is 2.53. The van der Waals surface area contributed by atoms with Gasteiger partial charge in [-0.1, -0.05) is 0 Å². The number of hydrogen-bond acceptors (Lipinski definition) is 3. The number of halogens is 1. The van der Waals surface area contributed by atoms with Crippen LogP contribution in [0.2, 0.25) is 0 Å². The number of unbranched alkanes of at least 4 members (excludes halogenated alkanes) is 2. The molecule has 0 unspecified atom stereocenters. The minimum absolute atomic E-state index is 0.218. The van der Waals surface area contributed by atoms with Gasteiger partial charge in [0.25, 0.3) is 0 Å². The maximum atomic E-state index is 12.7. The van der Waals surface area contributed by atoms with Crippen LogP contribution in [0.4, 0.5) is 4.39 Å². The molecule has 0 radical (unpaired) electrons. The second-order valence-electron chi connectivity index (χ2n) is 5.77. The summed E-state index contributed by atoms with van der Waals surface area (Å²) >= 11 is 0. The van der Waals surface area contributed by atoms with Crippen molar-refractivity contribution in [1.82, 2.24) is 10.2 Å². The standard InChI is InChI=1S/C17H27FN2O/c1-19-16-9-12-20(13-10-16)11-3-2-4-14-21-17-7-5-15(18)6-8-17/h5-8,16,19H,2-4,9-14H2,1H3. The third kappa shape index (κ3) is 6.02. The van der Waals surface area contributed by atoms with Gasteiger partial charge in [0.1, 0.15) is 11.6 Å². The summed E-state index contributed by atoms with van der Waals surface area (Å²) in [5.41, 5.74) is 0. The van der Waals surface area contributed by atoms with Crippen LogP contribution >= 0.6 is 0 Å². The molecule has 1 fully saturated rings. The number of ether oxygens (including phenoxy) is 1. The molecule has 118 valence electrons. The summed E-state index contributed by atoms with van der Waals surface area (Å²) in [7, 11) is 2.06. The average molecular weight is 294 g/mol. The molecule has 4 heteroatoms. The Morgan fingerprint density at radius 1 is 1.14 bits per heavy atom. The Hall–Kier alpha value is -1.13. The first-order chi connectivity index (χ1) is 10.3. The lowest BCUT2D eigenvalue weighted by Gasteiger charge is -2.31. The molecule has 1 N–H and O–H groups in total. The molecule has 0 aliphatic carbocycles. The third-order valence-electron chi connectivity index (χ3n) is 4.20. The van der Waals surface area contributed by atoms with E-state index in [1.54, 1.807) is 12.1 Å². The van der Waals surface area contributed by atoms with Gasteiger partial charge in [-0.3, -0.25) is 0 Å². The fourth-order valence-corrected chi connectivity index (χ4v) is 2.78. The Kier molecular flexibility index (Phi) is 6.96. The molecule has 0 aromatic heterocycles. The van der Waals surface area contributed by atoms with Gasteiger partial charge in [0.2, 0.25) is 0 Å². The largest absolute Gasteiger partial charge is 0.494 e. The van der Waals surface area contributed by atoms with Crippen LogP contribution in [0.15, 0.2) is 24.3 Å². The normalized spacial score (nSPS) is 17.0. The summed E-state index contributed by atoms with van der Waals surface area (Å²) in [6, 6.07) is 6.95. The van der Waals surface area contributed by atoms with Crippen molar-refractivity contribution in [2.45, 2.75) is 38.1 Å². The molecule has 1 aliphatic rings. The number of nitrogens with zero attached hydrogens (tertiary/aromatic N) is 1. The van der Waals surface area contributed by atoms with Gasteiger partial charge in [-0.2, -0.15) is 0 Å². The molecular weight excluding hydrogens is 267 g/mol. The van der Waals surface area contributed by atoms with E-state index in [0.717, 1.165) is 12.2 Å². The molecular formula is C17H27FN2O. The molecule has 0 spiro atoms. The van der Waals surface area contributed by atoms with Crippen LogP contribution in [0.3, 0.4) is 0 Å². The van der Waals surface area contributed by atoms with Gasteiger partial charge in [0, 0.05) is 6.04 Å². The molecule has 3 nitrogen and oxygen atoms in total. The molecule has 1 saturated heterocycles.